The fourth-order valence-electron chi connectivity index (χ4n) is 0.575. The summed E-state index contributed by atoms with van der Waals surface area (Å²) in [5.74, 6) is 0.813. The van der Waals surface area contributed by atoms with E-state index in [2.05, 4.69) is 0 Å². The molecule has 0 saturated carbocycles. The number of hydrogen-bond donors (Lipinski definition) is 0. The number of Topliss-reactive ketones (excluding diaryl/α,β-unsaturated/α-hetero) is 1. The predicted molar refractivity (Wildman–Crippen MR) is 36.9 cm³/mol. The molecule has 1 nitrogen and oxygen atoms in total. The van der Waals surface area contributed by atoms with Crippen LogP contribution in [0.15, 0.2) is 0 Å². The van der Waals surface area contributed by atoms with Gasteiger partial charge in [-0.05, 0) is 12.8 Å². The molecule has 0 rings (SSSR count). The molecule has 1 heteroatoms. The van der Waals surface area contributed by atoms with Gasteiger partial charge in [0.05, 0.1) is 0 Å². The van der Waals surface area contributed by atoms with Crippen molar-refractivity contribution in [1.29, 1.82) is 0 Å². The maximum absolute atomic E-state index is 10.3. The Kier molecular flexibility index (Phi) is 6.39. The Labute approximate surface area is 52.1 Å². The first-order valence-corrected chi connectivity index (χ1v) is 2.62. The van der Waals surface area contributed by atoms with Crippen molar-refractivity contribution in [2.24, 2.45) is 5.92 Å². The molecular weight excluding hydrogens is 100 g/mol. The zero-order valence-corrected chi connectivity index (χ0v) is 5.19. The summed E-state index contributed by atoms with van der Waals surface area (Å²) in [5, 5.41) is 0. The van der Waals surface area contributed by atoms with E-state index in [0.29, 0.717) is 5.92 Å². The van der Waals surface area contributed by atoms with Gasteiger partial charge in [0.15, 0.2) is 0 Å². The molecule has 0 aromatic heterocycles. The van der Waals surface area contributed by atoms with E-state index in [9.17, 15) is 4.79 Å². The van der Waals surface area contributed by atoms with Gasteiger partial charge in [0, 0.05) is 6.42 Å². The number of carbonyl (C=O) groups is 1. The van der Waals surface area contributed by atoms with Crippen molar-refractivity contribution in [3.05, 3.63) is 0 Å². The van der Waals surface area contributed by atoms with Crippen molar-refractivity contribution < 1.29 is 4.79 Å². The molecule has 0 bridgehead atoms. The van der Waals surface area contributed by atoms with E-state index in [1.54, 1.807) is 6.92 Å². The van der Waals surface area contributed by atoms with Crippen molar-refractivity contribution in [2.75, 3.05) is 0 Å². The lowest BCUT2D eigenvalue weighted by Crippen LogP contribution is -1.95. The van der Waals surface area contributed by atoms with Crippen LogP contribution in [0.25, 0.3) is 0 Å². The molecule has 0 unspecified atom stereocenters. The van der Waals surface area contributed by atoms with E-state index in [1.165, 1.54) is 0 Å². The second-order valence-corrected chi connectivity index (χ2v) is 2.30. The number of hydrogen-bond acceptors (Lipinski definition) is 1. The number of carbonyl (C=O) groups excluding carboxylic acids is 1. The lowest BCUT2D eigenvalue weighted by Gasteiger charge is -1.95. The van der Waals surface area contributed by atoms with Crippen molar-refractivity contribution in [3.63, 3.8) is 0 Å². The molecule has 0 atom stereocenters. The second-order valence-electron chi connectivity index (χ2n) is 2.30. The Morgan fingerprint density at radius 3 is 1.88 bits per heavy atom. The smallest absolute Gasteiger partial charge is 0.130 e. The largest absolute Gasteiger partial charge is 0.300 e. The van der Waals surface area contributed by atoms with Crippen molar-refractivity contribution in [2.45, 2.75) is 34.6 Å². The second kappa shape index (κ2) is 4.82. The highest BCUT2D eigenvalue weighted by Crippen LogP contribution is 1.97. The zero-order chi connectivity index (χ0) is 5.86. The molecule has 0 radical (unpaired) electrons. The van der Waals surface area contributed by atoms with Gasteiger partial charge in [0.2, 0.25) is 0 Å². The Morgan fingerprint density at radius 1 is 1.50 bits per heavy atom. The lowest BCUT2D eigenvalue weighted by molar-refractivity contribution is -0.117. The van der Waals surface area contributed by atoms with E-state index >= 15 is 0 Å². The third-order valence-electron chi connectivity index (χ3n) is 0.696. The van der Waals surface area contributed by atoms with E-state index in [0.717, 1.165) is 6.42 Å². The van der Waals surface area contributed by atoms with Crippen molar-refractivity contribution >= 4 is 5.78 Å². The summed E-state index contributed by atoms with van der Waals surface area (Å²) in [7, 11) is 0. The third kappa shape index (κ3) is 9.18. The van der Waals surface area contributed by atoms with Gasteiger partial charge < -0.3 is 4.79 Å². The number of rotatable bonds is 2. The summed E-state index contributed by atoms with van der Waals surface area (Å²) in [5.41, 5.74) is 0. The summed E-state index contributed by atoms with van der Waals surface area (Å²) in [6.07, 6.45) is 0.722. The predicted octanol–water partition coefficient (Wildman–Crippen LogP) is 2.26. The van der Waals surface area contributed by atoms with Crippen LogP contribution in [0.2, 0.25) is 0 Å². The summed E-state index contributed by atoms with van der Waals surface area (Å²) < 4.78 is 0. The summed E-state index contributed by atoms with van der Waals surface area (Å²) in [4.78, 5) is 10.3. The van der Waals surface area contributed by atoms with E-state index in [4.69, 9.17) is 0 Å². The van der Waals surface area contributed by atoms with E-state index in [1.807, 2.05) is 13.8 Å². The van der Waals surface area contributed by atoms with Gasteiger partial charge in [-0.3, -0.25) is 0 Å². The minimum absolute atomic E-state index is 0. The van der Waals surface area contributed by atoms with Crippen LogP contribution in [0.3, 0.4) is 0 Å². The van der Waals surface area contributed by atoms with Crippen LogP contribution >= 0.6 is 0 Å². The average molecular weight is 116 g/mol. The quantitative estimate of drug-likeness (QED) is 0.541. The molecule has 0 aliphatic carbocycles. The third-order valence-corrected chi connectivity index (χ3v) is 0.696. The normalized spacial score (nSPS) is 8.50. The molecule has 0 heterocycles. The average Bonchev–Trinajstić information content (AvgIpc) is 1.27. The van der Waals surface area contributed by atoms with Gasteiger partial charge in [-0.1, -0.05) is 21.3 Å². The van der Waals surface area contributed by atoms with Crippen LogP contribution in [0.4, 0.5) is 0 Å². The molecule has 0 spiro atoms. The molecule has 0 N–H and O–H groups in total. The number of ketones is 1. The van der Waals surface area contributed by atoms with Gasteiger partial charge in [0.25, 0.3) is 0 Å². The van der Waals surface area contributed by atoms with Crippen molar-refractivity contribution in [3.8, 4) is 0 Å². The molecule has 0 aliphatic rings. The van der Waals surface area contributed by atoms with E-state index in [-0.39, 0.29) is 13.2 Å². The van der Waals surface area contributed by atoms with Gasteiger partial charge in [-0.15, -0.1) is 0 Å². The van der Waals surface area contributed by atoms with Crippen LogP contribution in [0.1, 0.15) is 34.6 Å². The van der Waals surface area contributed by atoms with Gasteiger partial charge in [-0.2, -0.15) is 0 Å². The molecule has 0 fully saturated rings. The fraction of sp³-hybridized carbons (Fsp3) is 0.857. The Morgan fingerprint density at radius 2 is 1.88 bits per heavy atom. The zero-order valence-electron chi connectivity index (χ0n) is 5.19. The van der Waals surface area contributed by atoms with Gasteiger partial charge in [0.1, 0.15) is 5.78 Å². The molecule has 50 valence electrons. The molecule has 8 heavy (non-hydrogen) atoms. The molecule has 0 saturated heterocycles. The maximum Gasteiger partial charge on any atom is 0.130 e. The minimum Gasteiger partial charge on any atom is -0.300 e. The summed E-state index contributed by atoms with van der Waals surface area (Å²) in [6.45, 7) is 5.71. The fourth-order valence-corrected chi connectivity index (χ4v) is 0.575. The molecular formula is C7H16O. The minimum atomic E-state index is 0. The Hall–Kier alpha value is -0.330. The topological polar surface area (TPSA) is 17.1 Å². The Bertz CT molecular complexity index is 64.8. The summed E-state index contributed by atoms with van der Waals surface area (Å²) >= 11 is 0. The molecule has 0 aliphatic heterocycles. The van der Waals surface area contributed by atoms with Gasteiger partial charge in [-0.25, -0.2) is 0 Å². The van der Waals surface area contributed by atoms with Gasteiger partial charge >= 0.3 is 0 Å². The van der Waals surface area contributed by atoms with Crippen LogP contribution in [0.5, 0.6) is 0 Å². The van der Waals surface area contributed by atoms with Crippen LogP contribution in [-0.2, 0) is 4.79 Å². The first-order valence-electron chi connectivity index (χ1n) is 2.62. The van der Waals surface area contributed by atoms with Crippen LogP contribution in [0, 0.1) is 5.92 Å². The molecule has 0 aromatic carbocycles. The van der Waals surface area contributed by atoms with Crippen LogP contribution in [-0.4, -0.2) is 5.78 Å². The first-order chi connectivity index (χ1) is 3.13. The first kappa shape index (κ1) is 10.6. The lowest BCUT2D eigenvalue weighted by atomic mass is 10.1. The SMILES string of the molecule is C.CC(=O)CC(C)C. The highest BCUT2D eigenvalue weighted by molar-refractivity contribution is 5.75. The van der Waals surface area contributed by atoms with E-state index < -0.39 is 0 Å². The van der Waals surface area contributed by atoms with Crippen molar-refractivity contribution in [1.82, 2.24) is 0 Å². The highest BCUT2D eigenvalue weighted by atomic mass is 16.1. The molecule has 0 aromatic rings. The standard InChI is InChI=1S/C6H12O.CH4/c1-5(2)4-6(3)7;/h5H,4H2,1-3H3;1H4. The Balaban J connectivity index is 0. The highest BCUT2D eigenvalue weighted by Gasteiger charge is 1.95. The monoisotopic (exact) mass is 116 g/mol. The summed E-state index contributed by atoms with van der Waals surface area (Å²) in [6, 6.07) is 0. The molecule has 0 amide bonds. The maximum atomic E-state index is 10.3. The van der Waals surface area contributed by atoms with Crippen LogP contribution < -0.4 is 0 Å².